The van der Waals surface area contributed by atoms with E-state index >= 15 is 0 Å². The average molecular weight is 377 g/mol. The molecule has 0 radical (unpaired) electrons. The van der Waals surface area contributed by atoms with Crippen LogP contribution in [0.25, 0.3) is 0 Å². The Morgan fingerprint density at radius 1 is 1.31 bits per heavy atom. The van der Waals surface area contributed by atoms with Crippen molar-refractivity contribution in [1.82, 2.24) is 9.88 Å². The molecule has 9 heteroatoms. The maximum Gasteiger partial charge on any atom is 0.338 e. The van der Waals surface area contributed by atoms with Gasteiger partial charge in [-0.1, -0.05) is 0 Å². The summed E-state index contributed by atoms with van der Waals surface area (Å²) in [5.41, 5.74) is 0.964. The lowest BCUT2D eigenvalue weighted by molar-refractivity contribution is 0.0526. The van der Waals surface area contributed by atoms with Crippen LogP contribution in [0.5, 0.6) is 0 Å². The molecule has 138 valence electrons. The number of aryl methyl sites for hydroxylation is 1. The highest BCUT2D eigenvalue weighted by atomic mass is 32.2. The Morgan fingerprint density at radius 3 is 2.73 bits per heavy atom. The Kier molecular flexibility index (Phi) is 4.99. The molecule has 0 unspecified atom stereocenters. The summed E-state index contributed by atoms with van der Waals surface area (Å²) in [5.74, 6) is -0.758. The number of carbonyl (C=O) groups excluding carboxylic acids is 2. The van der Waals surface area contributed by atoms with Crippen molar-refractivity contribution < 1.29 is 22.7 Å². The second-order valence-corrected chi connectivity index (χ2v) is 7.45. The van der Waals surface area contributed by atoms with Gasteiger partial charge >= 0.3 is 5.97 Å². The topological polar surface area (TPSA) is 106 Å². The Bertz CT molecular complexity index is 932. The molecule has 2 N–H and O–H groups in total. The third kappa shape index (κ3) is 3.72. The van der Waals surface area contributed by atoms with Crippen molar-refractivity contribution in [3.8, 4) is 0 Å². The van der Waals surface area contributed by atoms with Crippen molar-refractivity contribution in [1.29, 1.82) is 0 Å². The van der Waals surface area contributed by atoms with E-state index in [1.54, 1.807) is 11.5 Å². The van der Waals surface area contributed by atoms with Crippen molar-refractivity contribution in [2.45, 2.75) is 24.8 Å². The van der Waals surface area contributed by atoms with Crippen LogP contribution in [0.1, 0.15) is 34.2 Å². The van der Waals surface area contributed by atoms with Crippen molar-refractivity contribution in [2.24, 2.45) is 0 Å². The number of aromatic nitrogens is 1. The molecule has 1 aliphatic heterocycles. The summed E-state index contributed by atoms with van der Waals surface area (Å²) in [7, 11) is -3.85. The molecule has 2 aromatic rings. The molecule has 0 saturated carbocycles. The van der Waals surface area contributed by atoms with E-state index in [4.69, 9.17) is 4.74 Å². The lowest BCUT2D eigenvalue weighted by atomic mass is 10.2. The molecule has 26 heavy (non-hydrogen) atoms. The third-order valence-electron chi connectivity index (χ3n) is 3.92. The fraction of sp³-hybridized carbons (Fsp3) is 0.294. The second-order valence-electron chi connectivity index (χ2n) is 5.77. The zero-order chi connectivity index (χ0) is 18.7. The fourth-order valence-electron chi connectivity index (χ4n) is 2.65. The molecule has 1 amide bonds. The van der Waals surface area contributed by atoms with Gasteiger partial charge in [0.05, 0.1) is 12.2 Å². The number of nitrogens with one attached hydrogen (secondary N) is 2. The van der Waals surface area contributed by atoms with E-state index < -0.39 is 16.0 Å². The zero-order valence-corrected chi connectivity index (χ0v) is 15.0. The van der Waals surface area contributed by atoms with Crippen LogP contribution in [-0.4, -0.2) is 38.0 Å². The minimum Gasteiger partial charge on any atom is -0.462 e. The summed E-state index contributed by atoms with van der Waals surface area (Å²) < 4.78 is 34.1. The summed E-state index contributed by atoms with van der Waals surface area (Å²) >= 11 is 0. The number of amides is 1. The molecule has 0 saturated heterocycles. The molecule has 1 aromatic heterocycles. The standard InChI is InChI=1S/C17H19N3O5S/c1-2-25-17(22)12-4-6-13(7-5-12)19-26(23,24)14-10-15-16(21)18-8-3-9-20(15)11-14/h4-7,10-11,19H,2-3,8-9H2,1H3,(H,18,21). The minimum atomic E-state index is -3.85. The van der Waals surface area contributed by atoms with Gasteiger partial charge in [-0.2, -0.15) is 0 Å². The fourth-order valence-corrected chi connectivity index (χ4v) is 3.75. The molecule has 0 aliphatic carbocycles. The summed E-state index contributed by atoms with van der Waals surface area (Å²) in [5, 5.41) is 2.72. The molecule has 8 nitrogen and oxygen atoms in total. The van der Waals surface area contributed by atoms with E-state index in [0.717, 1.165) is 6.42 Å². The normalized spacial score (nSPS) is 14.1. The number of hydrogen-bond acceptors (Lipinski definition) is 5. The summed E-state index contributed by atoms with van der Waals surface area (Å²) in [6.07, 6.45) is 2.19. The maximum atomic E-state index is 12.6. The molecule has 0 spiro atoms. The monoisotopic (exact) mass is 377 g/mol. The highest BCUT2D eigenvalue weighted by Gasteiger charge is 2.23. The van der Waals surface area contributed by atoms with Gasteiger partial charge in [0.15, 0.2) is 0 Å². The smallest absolute Gasteiger partial charge is 0.338 e. The number of nitrogens with zero attached hydrogens (tertiary/aromatic N) is 1. The SMILES string of the molecule is CCOC(=O)c1ccc(NS(=O)(=O)c2cc3n(c2)CCCNC3=O)cc1. The average Bonchev–Trinajstić information content (AvgIpc) is 2.97. The van der Waals surface area contributed by atoms with E-state index in [0.29, 0.717) is 30.0 Å². The van der Waals surface area contributed by atoms with E-state index in [2.05, 4.69) is 10.0 Å². The maximum absolute atomic E-state index is 12.6. The lowest BCUT2D eigenvalue weighted by Crippen LogP contribution is -2.22. The van der Waals surface area contributed by atoms with Crippen LogP contribution >= 0.6 is 0 Å². The second kappa shape index (κ2) is 7.20. The Labute approximate surface area is 151 Å². The van der Waals surface area contributed by atoms with Gasteiger partial charge in [-0.25, -0.2) is 13.2 Å². The zero-order valence-electron chi connectivity index (χ0n) is 14.2. The van der Waals surface area contributed by atoms with Gasteiger partial charge in [0.1, 0.15) is 10.6 Å². The summed E-state index contributed by atoms with van der Waals surface area (Å²) in [6.45, 7) is 3.10. The van der Waals surface area contributed by atoms with E-state index in [1.807, 2.05) is 0 Å². The van der Waals surface area contributed by atoms with Gasteiger partial charge in [0.25, 0.3) is 15.9 Å². The number of anilines is 1. The van der Waals surface area contributed by atoms with Gasteiger partial charge < -0.3 is 14.6 Å². The summed E-state index contributed by atoms with van der Waals surface area (Å²) in [4.78, 5) is 23.6. The van der Waals surface area contributed by atoms with Crippen molar-refractivity contribution in [3.63, 3.8) is 0 Å². The third-order valence-corrected chi connectivity index (χ3v) is 5.27. The van der Waals surface area contributed by atoms with Gasteiger partial charge in [-0.05, 0) is 43.7 Å². The molecular weight excluding hydrogens is 358 g/mol. The highest BCUT2D eigenvalue weighted by molar-refractivity contribution is 7.92. The predicted molar refractivity (Wildman–Crippen MR) is 94.6 cm³/mol. The molecule has 2 heterocycles. The number of ether oxygens (including phenoxy) is 1. The van der Waals surface area contributed by atoms with Gasteiger partial charge in [0.2, 0.25) is 0 Å². The minimum absolute atomic E-state index is 0.0130. The number of benzene rings is 1. The number of carbonyl (C=O) groups is 2. The van der Waals surface area contributed by atoms with Crippen LogP contribution in [0.3, 0.4) is 0 Å². The Hall–Kier alpha value is -2.81. The molecular formula is C17H19N3O5S. The van der Waals surface area contributed by atoms with Gasteiger partial charge in [0, 0.05) is 25.0 Å². The van der Waals surface area contributed by atoms with Crippen molar-refractivity contribution in [2.75, 3.05) is 17.9 Å². The number of rotatable bonds is 5. The number of sulfonamides is 1. The van der Waals surface area contributed by atoms with Crippen LogP contribution < -0.4 is 10.0 Å². The number of esters is 1. The first kappa shape index (κ1) is 18.0. The molecule has 3 rings (SSSR count). The number of fused-ring (bicyclic) bond motifs is 1. The van der Waals surface area contributed by atoms with E-state index in [9.17, 15) is 18.0 Å². The number of hydrogen-bond donors (Lipinski definition) is 2. The lowest BCUT2D eigenvalue weighted by Gasteiger charge is -2.07. The van der Waals surface area contributed by atoms with Crippen LogP contribution in [0, 0.1) is 0 Å². The van der Waals surface area contributed by atoms with Gasteiger partial charge in [-0.3, -0.25) is 9.52 Å². The quantitative estimate of drug-likeness (QED) is 0.770. The Balaban J connectivity index is 1.80. The molecule has 0 fully saturated rings. The first-order valence-electron chi connectivity index (χ1n) is 8.19. The molecule has 1 aliphatic rings. The first-order chi connectivity index (χ1) is 12.4. The van der Waals surface area contributed by atoms with Crippen LogP contribution in [0.2, 0.25) is 0 Å². The first-order valence-corrected chi connectivity index (χ1v) is 9.67. The highest BCUT2D eigenvalue weighted by Crippen LogP contribution is 2.20. The van der Waals surface area contributed by atoms with Crippen LogP contribution in [0.4, 0.5) is 5.69 Å². The van der Waals surface area contributed by atoms with Crippen molar-refractivity contribution in [3.05, 3.63) is 47.8 Å². The van der Waals surface area contributed by atoms with Gasteiger partial charge in [-0.15, -0.1) is 0 Å². The van der Waals surface area contributed by atoms with Crippen molar-refractivity contribution >= 4 is 27.6 Å². The van der Waals surface area contributed by atoms with Crippen LogP contribution in [0.15, 0.2) is 41.4 Å². The largest absolute Gasteiger partial charge is 0.462 e. The summed E-state index contributed by atoms with van der Waals surface area (Å²) in [6, 6.07) is 7.29. The van der Waals surface area contributed by atoms with E-state index in [1.165, 1.54) is 36.5 Å². The Morgan fingerprint density at radius 2 is 2.04 bits per heavy atom. The molecule has 0 bridgehead atoms. The van der Waals surface area contributed by atoms with Crippen LogP contribution in [-0.2, 0) is 21.3 Å². The predicted octanol–water partition coefficient (Wildman–Crippen LogP) is 1.60. The molecule has 0 atom stereocenters. The molecule has 1 aromatic carbocycles. The van der Waals surface area contributed by atoms with E-state index in [-0.39, 0.29) is 17.4 Å².